The van der Waals surface area contributed by atoms with Gasteiger partial charge in [0.2, 0.25) is 0 Å². The quantitative estimate of drug-likeness (QED) is 0.619. The molecule has 0 bridgehead atoms. The summed E-state index contributed by atoms with van der Waals surface area (Å²) in [6.45, 7) is 7.91. The van der Waals surface area contributed by atoms with Gasteiger partial charge in [-0.2, -0.15) is 0 Å². The highest BCUT2D eigenvalue weighted by Crippen LogP contribution is 2.02. The summed E-state index contributed by atoms with van der Waals surface area (Å²) in [5.41, 5.74) is 0. The molecular weight excluding hydrogens is 182 g/mol. The summed E-state index contributed by atoms with van der Waals surface area (Å²) in [4.78, 5) is 11.3. The number of esters is 1. The predicted molar refractivity (Wildman–Crippen MR) is 54.9 cm³/mol. The van der Waals surface area contributed by atoms with Crippen molar-refractivity contribution < 1.29 is 14.6 Å². The molecular formula is C10H21NO3. The Labute approximate surface area is 85.6 Å². The van der Waals surface area contributed by atoms with Gasteiger partial charge in [-0.3, -0.25) is 10.1 Å². The van der Waals surface area contributed by atoms with Crippen LogP contribution in [0.1, 0.15) is 27.7 Å². The number of aliphatic hydroxyl groups excluding tert-OH is 1. The summed E-state index contributed by atoms with van der Waals surface area (Å²) in [5, 5.41) is 12.1. The van der Waals surface area contributed by atoms with Crippen molar-refractivity contribution in [2.75, 3.05) is 13.2 Å². The maximum atomic E-state index is 11.3. The minimum Gasteiger partial charge on any atom is -0.465 e. The zero-order valence-corrected chi connectivity index (χ0v) is 9.41. The first kappa shape index (κ1) is 13.4. The van der Waals surface area contributed by atoms with Crippen molar-refractivity contribution in [1.82, 2.24) is 5.32 Å². The van der Waals surface area contributed by atoms with E-state index in [1.54, 1.807) is 13.8 Å². The van der Waals surface area contributed by atoms with Gasteiger partial charge in [0, 0.05) is 6.04 Å². The lowest BCUT2D eigenvalue weighted by molar-refractivity contribution is -0.145. The molecule has 2 unspecified atom stereocenters. The van der Waals surface area contributed by atoms with Crippen molar-refractivity contribution in [3.63, 3.8) is 0 Å². The highest BCUT2D eigenvalue weighted by molar-refractivity contribution is 5.75. The Morgan fingerprint density at radius 2 is 2.00 bits per heavy atom. The molecule has 0 aromatic heterocycles. The van der Waals surface area contributed by atoms with Gasteiger partial charge in [0.1, 0.15) is 6.04 Å². The average Bonchev–Trinajstić information content (AvgIpc) is 2.13. The number of ether oxygens (including phenoxy) is 1. The normalized spacial score (nSPS) is 15.3. The summed E-state index contributed by atoms with van der Waals surface area (Å²) in [6, 6.07) is -0.427. The molecule has 0 radical (unpaired) electrons. The molecule has 4 heteroatoms. The van der Waals surface area contributed by atoms with Gasteiger partial charge in [0.05, 0.1) is 13.2 Å². The van der Waals surface area contributed by atoms with Crippen molar-refractivity contribution in [3.8, 4) is 0 Å². The molecule has 0 heterocycles. The van der Waals surface area contributed by atoms with Crippen LogP contribution >= 0.6 is 0 Å². The van der Waals surface area contributed by atoms with E-state index >= 15 is 0 Å². The summed E-state index contributed by atoms with van der Waals surface area (Å²) in [7, 11) is 0. The molecule has 4 nitrogen and oxygen atoms in total. The molecule has 2 atom stereocenters. The fourth-order valence-corrected chi connectivity index (χ4v) is 1.11. The Hall–Kier alpha value is -0.610. The largest absolute Gasteiger partial charge is 0.465 e. The van der Waals surface area contributed by atoms with Crippen LogP contribution in [-0.2, 0) is 9.53 Å². The first-order valence-electron chi connectivity index (χ1n) is 5.06. The number of nitrogens with one attached hydrogen (secondary N) is 1. The third kappa shape index (κ3) is 4.58. The predicted octanol–water partition coefficient (Wildman–Crippen LogP) is 0.544. The van der Waals surface area contributed by atoms with Gasteiger partial charge in [-0.1, -0.05) is 13.8 Å². The second-order valence-electron chi connectivity index (χ2n) is 3.67. The molecule has 0 aliphatic rings. The summed E-state index contributed by atoms with van der Waals surface area (Å²) < 4.78 is 4.85. The van der Waals surface area contributed by atoms with Crippen LogP contribution in [0.15, 0.2) is 0 Å². The molecule has 0 aliphatic heterocycles. The first-order valence-corrected chi connectivity index (χ1v) is 5.06. The molecule has 2 N–H and O–H groups in total. The lowest BCUT2D eigenvalue weighted by Crippen LogP contribution is -2.46. The molecule has 0 fully saturated rings. The maximum Gasteiger partial charge on any atom is 0.322 e. The van der Waals surface area contributed by atoms with Gasteiger partial charge in [-0.05, 0) is 19.8 Å². The number of carbonyl (C=O) groups excluding carboxylic acids is 1. The molecule has 0 saturated carbocycles. The Morgan fingerprint density at radius 1 is 1.43 bits per heavy atom. The van der Waals surface area contributed by atoms with Gasteiger partial charge >= 0.3 is 5.97 Å². The molecule has 0 aliphatic carbocycles. The van der Waals surface area contributed by atoms with E-state index in [0.717, 1.165) is 0 Å². The van der Waals surface area contributed by atoms with Gasteiger partial charge < -0.3 is 9.84 Å². The van der Waals surface area contributed by atoms with Gasteiger partial charge in [0.15, 0.2) is 0 Å². The highest BCUT2D eigenvalue weighted by Gasteiger charge is 2.20. The van der Waals surface area contributed by atoms with E-state index in [4.69, 9.17) is 9.84 Å². The molecule has 14 heavy (non-hydrogen) atoms. The monoisotopic (exact) mass is 203 g/mol. The number of carbonyl (C=O) groups is 1. The third-order valence-electron chi connectivity index (χ3n) is 2.11. The van der Waals surface area contributed by atoms with Crippen molar-refractivity contribution in [2.24, 2.45) is 5.92 Å². The van der Waals surface area contributed by atoms with Gasteiger partial charge in [0.25, 0.3) is 0 Å². The average molecular weight is 203 g/mol. The number of hydrogen-bond acceptors (Lipinski definition) is 4. The Kier molecular flexibility index (Phi) is 6.49. The number of hydrogen-bond donors (Lipinski definition) is 2. The van der Waals surface area contributed by atoms with Crippen LogP contribution in [0.3, 0.4) is 0 Å². The van der Waals surface area contributed by atoms with Crippen molar-refractivity contribution in [1.29, 1.82) is 0 Å². The lowest BCUT2D eigenvalue weighted by Gasteiger charge is -2.23. The van der Waals surface area contributed by atoms with Gasteiger partial charge in [-0.15, -0.1) is 0 Å². The molecule has 0 amide bonds. The van der Waals surface area contributed by atoms with Crippen LogP contribution < -0.4 is 5.32 Å². The standard InChI is InChI=1S/C10H21NO3/c1-5-14-10(13)8(4)11-9(6-12)7(2)3/h7-9,11-12H,5-6H2,1-4H3. The Morgan fingerprint density at radius 3 is 2.36 bits per heavy atom. The topological polar surface area (TPSA) is 58.6 Å². The van der Waals surface area contributed by atoms with E-state index in [1.807, 2.05) is 13.8 Å². The van der Waals surface area contributed by atoms with E-state index in [0.29, 0.717) is 6.61 Å². The third-order valence-corrected chi connectivity index (χ3v) is 2.11. The first-order chi connectivity index (χ1) is 6.52. The number of aliphatic hydroxyl groups is 1. The molecule has 0 aromatic rings. The highest BCUT2D eigenvalue weighted by atomic mass is 16.5. The van der Waals surface area contributed by atoms with Crippen LogP contribution in [0.25, 0.3) is 0 Å². The van der Waals surface area contributed by atoms with E-state index in [-0.39, 0.29) is 30.6 Å². The SMILES string of the molecule is CCOC(=O)C(C)NC(CO)C(C)C. The zero-order valence-electron chi connectivity index (χ0n) is 9.41. The van der Waals surface area contributed by atoms with Crippen molar-refractivity contribution in [3.05, 3.63) is 0 Å². The Bertz CT molecular complexity index is 171. The van der Waals surface area contributed by atoms with Crippen molar-refractivity contribution >= 4 is 5.97 Å². The Balaban J connectivity index is 4.01. The summed E-state index contributed by atoms with van der Waals surface area (Å²) >= 11 is 0. The molecule has 0 saturated heterocycles. The molecule has 84 valence electrons. The maximum absolute atomic E-state index is 11.3. The van der Waals surface area contributed by atoms with Crippen LogP contribution in [0.2, 0.25) is 0 Å². The fourth-order valence-electron chi connectivity index (χ4n) is 1.11. The van der Waals surface area contributed by atoms with Crippen molar-refractivity contribution in [2.45, 2.75) is 39.8 Å². The van der Waals surface area contributed by atoms with Gasteiger partial charge in [-0.25, -0.2) is 0 Å². The fraction of sp³-hybridized carbons (Fsp3) is 0.900. The van der Waals surface area contributed by atoms with Crippen LogP contribution in [0.4, 0.5) is 0 Å². The van der Waals surface area contributed by atoms with E-state index in [2.05, 4.69) is 5.32 Å². The summed E-state index contributed by atoms with van der Waals surface area (Å²) in [5.74, 6) is 0.0171. The molecule has 0 rings (SSSR count). The number of rotatable bonds is 6. The molecule has 0 aromatic carbocycles. The van der Waals surface area contributed by atoms with Crippen LogP contribution in [-0.4, -0.2) is 36.4 Å². The van der Waals surface area contributed by atoms with Crippen LogP contribution in [0.5, 0.6) is 0 Å². The van der Waals surface area contributed by atoms with E-state index in [1.165, 1.54) is 0 Å². The summed E-state index contributed by atoms with van der Waals surface area (Å²) in [6.07, 6.45) is 0. The lowest BCUT2D eigenvalue weighted by atomic mass is 10.0. The van der Waals surface area contributed by atoms with Crippen LogP contribution in [0, 0.1) is 5.92 Å². The second-order valence-corrected chi connectivity index (χ2v) is 3.67. The van der Waals surface area contributed by atoms with E-state index < -0.39 is 0 Å². The van der Waals surface area contributed by atoms with E-state index in [9.17, 15) is 4.79 Å². The minimum atomic E-state index is -0.366. The zero-order chi connectivity index (χ0) is 11.1. The minimum absolute atomic E-state index is 0.0292. The smallest absolute Gasteiger partial charge is 0.322 e. The molecule has 0 spiro atoms. The second kappa shape index (κ2) is 6.79.